The fourth-order valence-electron chi connectivity index (χ4n) is 2.54. The number of rotatable bonds is 7. The molecule has 0 bridgehead atoms. The molecule has 1 aromatic heterocycles. The maximum atomic E-state index is 11.2. The van der Waals surface area contributed by atoms with Crippen LogP contribution in [-0.2, 0) is 6.61 Å². The second kappa shape index (κ2) is 8.65. The molecule has 0 N–H and O–H groups in total. The Morgan fingerprint density at radius 3 is 2.48 bits per heavy atom. The highest BCUT2D eigenvalue weighted by Crippen LogP contribution is 2.29. The first-order valence-electron chi connectivity index (χ1n) is 8.29. The van der Waals surface area contributed by atoms with Gasteiger partial charge in [-0.15, -0.1) is 0 Å². The van der Waals surface area contributed by atoms with Crippen molar-refractivity contribution in [1.82, 2.24) is 5.16 Å². The second-order valence-corrected chi connectivity index (χ2v) is 6.88. The average molecular weight is 460 g/mol. The van der Waals surface area contributed by atoms with Crippen LogP contribution in [0.4, 0.5) is 11.4 Å². The van der Waals surface area contributed by atoms with Crippen molar-refractivity contribution in [3.63, 3.8) is 0 Å². The zero-order valence-corrected chi connectivity index (χ0v) is 16.7. The Morgan fingerprint density at radius 2 is 1.83 bits per heavy atom. The van der Waals surface area contributed by atoms with Gasteiger partial charge in [0.25, 0.3) is 5.69 Å². The number of nitrogens with zero attached hydrogens (tertiary/aromatic N) is 3. The topological polar surface area (TPSA) is 122 Å². The fourth-order valence-corrected chi connectivity index (χ4v) is 2.91. The summed E-state index contributed by atoms with van der Waals surface area (Å²) in [5.41, 5.74) is 1.42. The van der Waals surface area contributed by atoms with Crippen molar-refractivity contribution in [2.24, 2.45) is 0 Å². The lowest BCUT2D eigenvalue weighted by Gasteiger charge is -2.10. The van der Waals surface area contributed by atoms with Crippen molar-refractivity contribution in [2.75, 3.05) is 0 Å². The third-order valence-corrected chi connectivity index (χ3v) is 4.46. The molecule has 0 fully saturated rings. The van der Waals surface area contributed by atoms with Crippen molar-refractivity contribution < 1.29 is 19.1 Å². The average Bonchev–Trinajstić information content (AvgIpc) is 3.06. The van der Waals surface area contributed by atoms with Crippen molar-refractivity contribution in [1.29, 1.82) is 0 Å². The lowest BCUT2D eigenvalue weighted by molar-refractivity contribution is -0.386. The molecule has 0 amide bonds. The Labute approximate surface area is 173 Å². The van der Waals surface area contributed by atoms with Crippen molar-refractivity contribution in [3.8, 4) is 5.75 Å². The van der Waals surface area contributed by atoms with Crippen molar-refractivity contribution >= 4 is 39.5 Å². The molecule has 0 unspecified atom stereocenters. The number of nitro benzene ring substituents is 1. The molecule has 0 aliphatic heterocycles. The molecule has 9 nitrogen and oxygen atoms in total. The van der Waals surface area contributed by atoms with Gasteiger partial charge in [0.15, 0.2) is 5.69 Å². The smallest absolute Gasteiger partial charge is 0.338 e. The maximum absolute atomic E-state index is 11.2. The molecular formula is C19H14BrN3O6. The quantitative estimate of drug-likeness (QED) is 0.346. The molecule has 0 saturated carbocycles. The summed E-state index contributed by atoms with van der Waals surface area (Å²) in [5.74, 6) is 0.565. The molecule has 10 heteroatoms. The number of hydrogen-bond donors (Lipinski definition) is 0. The van der Waals surface area contributed by atoms with Crippen molar-refractivity contribution in [2.45, 2.75) is 13.5 Å². The van der Waals surface area contributed by atoms with Crippen LogP contribution >= 0.6 is 15.9 Å². The van der Waals surface area contributed by atoms with Gasteiger partial charge in [0.05, 0.1) is 9.85 Å². The minimum atomic E-state index is -0.543. The first-order valence-corrected chi connectivity index (χ1v) is 9.09. The normalized spacial score (nSPS) is 11.0. The Bertz CT molecular complexity index is 1090. The largest absolute Gasteiger partial charge is 0.488 e. The Balaban J connectivity index is 1.81. The number of aryl methyl sites for hydroxylation is 1. The number of benzene rings is 2. The highest BCUT2D eigenvalue weighted by atomic mass is 79.9. The van der Waals surface area contributed by atoms with Crippen LogP contribution in [-0.4, -0.2) is 15.0 Å². The third-order valence-electron chi connectivity index (χ3n) is 3.97. The molecule has 2 aromatic carbocycles. The summed E-state index contributed by atoms with van der Waals surface area (Å²) < 4.78 is 11.6. The summed E-state index contributed by atoms with van der Waals surface area (Å²) in [6.07, 6.45) is 3.08. The van der Waals surface area contributed by atoms with E-state index in [1.807, 2.05) is 0 Å². The summed E-state index contributed by atoms with van der Waals surface area (Å²) in [6, 6.07) is 11.4. The molecule has 3 rings (SSSR count). The number of nitro groups is 2. The fraction of sp³-hybridized carbons (Fsp3) is 0.105. The zero-order valence-electron chi connectivity index (χ0n) is 15.1. The van der Waals surface area contributed by atoms with Gasteiger partial charge < -0.3 is 9.26 Å². The molecule has 0 aliphatic rings. The van der Waals surface area contributed by atoms with E-state index >= 15 is 0 Å². The molecular weight excluding hydrogens is 446 g/mol. The van der Waals surface area contributed by atoms with Crippen LogP contribution in [0.5, 0.6) is 5.75 Å². The van der Waals surface area contributed by atoms with Crippen LogP contribution in [0.25, 0.3) is 12.2 Å². The standard InChI is InChI=1S/C19H14BrN3O6/c1-12-19(23(26)27)18(29-21-12)8-4-14-10-15(20)5-9-17(14)28-11-13-2-6-16(7-3-13)22(24)25/h2-10H,11H2,1H3/b8-4+. The van der Waals surface area contributed by atoms with Gasteiger partial charge in [0.1, 0.15) is 12.4 Å². The van der Waals surface area contributed by atoms with Crippen LogP contribution in [0.2, 0.25) is 0 Å². The molecule has 0 spiro atoms. The number of halogens is 1. The van der Waals surface area contributed by atoms with E-state index in [9.17, 15) is 20.2 Å². The van der Waals surface area contributed by atoms with E-state index in [1.54, 1.807) is 36.4 Å². The van der Waals surface area contributed by atoms with E-state index in [1.165, 1.54) is 25.1 Å². The first-order chi connectivity index (χ1) is 13.8. The summed E-state index contributed by atoms with van der Waals surface area (Å²) in [6.45, 7) is 1.69. The number of aromatic nitrogens is 1. The molecule has 0 saturated heterocycles. The first kappa shape index (κ1) is 20.2. The van der Waals surface area contributed by atoms with E-state index in [4.69, 9.17) is 9.26 Å². The van der Waals surface area contributed by atoms with Gasteiger partial charge in [-0.1, -0.05) is 21.1 Å². The van der Waals surface area contributed by atoms with Crippen LogP contribution in [0.15, 0.2) is 51.5 Å². The second-order valence-electron chi connectivity index (χ2n) is 5.97. The monoisotopic (exact) mass is 459 g/mol. The summed E-state index contributed by atoms with van der Waals surface area (Å²) in [4.78, 5) is 20.9. The number of non-ortho nitro benzene ring substituents is 1. The van der Waals surface area contributed by atoms with E-state index in [0.29, 0.717) is 11.3 Å². The van der Waals surface area contributed by atoms with Crippen LogP contribution < -0.4 is 4.74 Å². The lowest BCUT2D eigenvalue weighted by Crippen LogP contribution is -1.97. The van der Waals surface area contributed by atoms with Gasteiger partial charge in [-0.05, 0) is 55.0 Å². The molecule has 1 heterocycles. The summed E-state index contributed by atoms with van der Waals surface area (Å²) >= 11 is 3.38. The lowest BCUT2D eigenvalue weighted by atomic mass is 10.1. The van der Waals surface area contributed by atoms with Crippen molar-refractivity contribution in [3.05, 3.63) is 89.7 Å². The predicted molar refractivity (Wildman–Crippen MR) is 108 cm³/mol. The molecule has 0 radical (unpaired) electrons. The molecule has 148 valence electrons. The summed E-state index contributed by atoms with van der Waals surface area (Å²) in [5, 5.41) is 25.5. The maximum Gasteiger partial charge on any atom is 0.338 e. The SMILES string of the molecule is Cc1noc(/C=C/c2cc(Br)ccc2OCc2ccc([N+](=O)[O-])cc2)c1[N+](=O)[O-]. The van der Waals surface area contributed by atoms with Gasteiger partial charge in [-0.3, -0.25) is 20.2 Å². The van der Waals surface area contributed by atoms with Crippen LogP contribution in [0.1, 0.15) is 22.6 Å². The van der Waals surface area contributed by atoms with E-state index in [2.05, 4.69) is 21.1 Å². The Kier molecular flexibility index (Phi) is 6.03. The zero-order chi connectivity index (χ0) is 21.0. The predicted octanol–water partition coefficient (Wildman–Crippen LogP) is 5.31. The highest BCUT2D eigenvalue weighted by Gasteiger charge is 2.22. The molecule has 0 atom stereocenters. The Hall–Kier alpha value is -3.53. The van der Waals surface area contributed by atoms with E-state index < -0.39 is 9.85 Å². The van der Waals surface area contributed by atoms with Gasteiger partial charge in [0, 0.05) is 22.2 Å². The molecule has 29 heavy (non-hydrogen) atoms. The minimum Gasteiger partial charge on any atom is -0.488 e. The van der Waals surface area contributed by atoms with Gasteiger partial charge in [-0.2, -0.15) is 0 Å². The number of hydrogen-bond acceptors (Lipinski definition) is 7. The third kappa shape index (κ3) is 4.85. The van der Waals surface area contributed by atoms with Gasteiger partial charge in [-0.25, -0.2) is 0 Å². The summed E-state index contributed by atoms with van der Waals surface area (Å²) in [7, 11) is 0. The highest BCUT2D eigenvalue weighted by molar-refractivity contribution is 9.10. The van der Waals surface area contributed by atoms with Crippen LogP contribution in [0, 0.1) is 27.2 Å². The van der Waals surface area contributed by atoms with E-state index in [-0.39, 0.29) is 29.4 Å². The number of ether oxygens (including phenoxy) is 1. The van der Waals surface area contributed by atoms with Gasteiger partial charge >= 0.3 is 5.69 Å². The minimum absolute atomic E-state index is 0.00459. The Morgan fingerprint density at radius 1 is 1.10 bits per heavy atom. The molecule has 0 aliphatic carbocycles. The van der Waals surface area contributed by atoms with Crippen LogP contribution in [0.3, 0.4) is 0 Å². The van der Waals surface area contributed by atoms with Gasteiger partial charge in [0.2, 0.25) is 5.76 Å². The van der Waals surface area contributed by atoms with E-state index in [0.717, 1.165) is 10.0 Å². The molecule has 3 aromatic rings.